The molecule has 2 fully saturated rings. The molecule has 0 aromatic carbocycles. The van der Waals surface area contributed by atoms with Crippen LogP contribution in [0.25, 0.3) is 0 Å². The molecule has 17 heavy (non-hydrogen) atoms. The minimum atomic E-state index is 0.0986. The highest BCUT2D eigenvalue weighted by Gasteiger charge is 2.29. The summed E-state index contributed by atoms with van der Waals surface area (Å²) in [7, 11) is 0. The van der Waals surface area contributed by atoms with Crippen molar-refractivity contribution in [2.24, 2.45) is 11.8 Å². The van der Waals surface area contributed by atoms with Crippen molar-refractivity contribution < 1.29 is 9.59 Å². The molecule has 0 radical (unpaired) electrons. The highest BCUT2D eigenvalue weighted by molar-refractivity contribution is 8.00. The van der Waals surface area contributed by atoms with Crippen LogP contribution in [0.1, 0.15) is 20.3 Å². The quantitative estimate of drug-likeness (QED) is 0.741. The van der Waals surface area contributed by atoms with Gasteiger partial charge in [0.15, 0.2) is 0 Å². The summed E-state index contributed by atoms with van der Waals surface area (Å²) in [5.74, 6) is 2.56. The van der Waals surface area contributed by atoms with E-state index in [9.17, 15) is 9.59 Å². The average Bonchev–Trinajstić information content (AvgIpc) is 2.63. The molecule has 0 spiro atoms. The maximum atomic E-state index is 12.1. The SMILES string of the molecule is CC1CC(C)CN(C(=O)CN2CSCC2=O)C1. The van der Waals surface area contributed by atoms with E-state index in [1.54, 1.807) is 16.7 Å². The molecular weight excluding hydrogens is 236 g/mol. The van der Waals surface area contributed by atoms with Crippen molar-refractivity contribution in [2.45, 2.75) is 20.3 Å². The zero-order valence-corrected chi connectivity index (χ0v) is 11.3. The Morgan fingerprint density at radius 1 is 1.35 bits per heavy atom. The lowest BCUT2D eigenvalue weighted by Crippen LogP contribution is -2.47. The average molecular weight is 256 g/mol. The zero-order chi connectivity index (χ0) is 12.4. The van der Waals surface area contributed by atoms with E-state index in [0.29, 0.717) is 23.5 Å². The van der Waals surface area contributed by atoms with Crippen LogP contribution >= 0.6 is 11.8 Å². The van der Waals surface area contributed by atoms with Gasteiger partial charge in [-0.3, -0.25) is 9.59 Å². The third kappa shape index (κ3) is 3.15. The lowest BCUT2D eigenvalue weighted by molar-refractivity contribution is -0.139. The second kappa shape index (κ2) is 5.29. The number of thioether (sulfide) groups is 1. The molecule has 0 N–H and O–H groups in total. The Hall–Kier alpha value is -0.710. The third-order valence-electron chi connectivity index (χ3n) is 3.37. The Labute approximate surface area is 107 Å². The monoisotopic (exact) mass is 256 g/mol. The van der Waals surface area contributed by atoms with Gasteiger partial charge in [0, 0.05) is 13.1 Å². The Morgan fingerprint density at radius 3 is 2.53 bits per heavy atom. The van der Waals surface area contributed by atoms with Gasteiger partial charge in [-0.05, 0) is 18.3 Å². The van der Waals surface area contributed by atoms with Gasteiger partial charge in [-0.25, -0.2) is 0 Å². The van der Waals surface area contributed by atoms with E-state index in [1.165, 1.54) is 6.42 Å². The van der Waals surface area contributed by atoms with Crippen LogP contribution < -0.4 is 0 Å². The standard InChI is InChI=1S/C12H20N2O2S/c1-9-3-10(2)5-13(4-9)11(15)6-14-8-17-7-12(14)16/h9-10H,3-8H2,1-2H3. The number of carbonyl (C=O) groups is 2. The molecule has 0 aromatic rings. The highest BCUT2D eigenvalue weighted by atomic mass is 32.2. The van der Waals surface area contributed by atoms with Crippen LogP contribution in [0.4, 0.5) is 0 Å². The molecule has 0 aromatic heterocycles. The summed E-state index contributed by atoms with van der Waals surface area (Å²) in [6.07, 6.45) is 1.20. The van der Waals surface area contributed by atoms with Gasteiger partial charge in [-0.2, -0.15) is 0 Å². The van der Waals surface area contributed by atoms with Crippen LogP contribution in [0.2, 0.25) is 0 Å². The Bertz CT molecular complexity index is 312. The van der Waals surface area contributed by atoms with Gasteiger partial charge in [0.2, 0.25) is 11.8 Å². The van der Waals surface area contributed by atoms with E-state index >= 15 is 0 Å². The molecule has 96 valence electrons. The van der Waals surface area contributed by atoms with Crippen molar-refractivity contribution >= 4 is 23.6 Å². The third-order valence-corrected chi connectivity index (χ3v) is 4.32. The van der Waals surface area contributed by atoms with Crippen LogP contribution in [-0.4, -0.2) is 52.9 Å². The van der Waals surface area contributed by atoms with E-state index in [4.69, 9.17) is 0 Å². The molecule has 2 aliphatic heterocycles. The molecule has 2 saturated heterocycles. The second-order valence-corrected chi connectivity index (χ2v) is 6.27. The molecule has 2 aliphatic rings. The first-order chi connectivity index (χ1) is 8.06. The van der Waals surface area contributed by atoms with Gasteiger partial charge < -0.3 is 9.80 Å². The van der Waals surface area contributed by atoms with Gasteiger partial charge in [0.25, 0.3) is 0 Å². The number of hydrogen-bond donors (Lipinski definition) is 0. The summed E-state index contributed by atoms with van der Waals surface area (Å²) >= 11 is 1.59. The number of nitrogens with zero attached hydrogens (tertiary/aromatic N) is 2. The summed E-state index contributed by atoms with van der Waals surface area (Å²) in [6, 6.07) is 0. The van der Waals surface area contributed by atoms with Crippen LogP contribution in [0, 0.1) is 11.8 Å². The largest absolute Gasteiger partial charge is 0.341 e. The van der Waals surface area contributed by atoms with E-state index in [0.717, 1.165) is 13.1 Å². The van der Waals surface area contributed by atoms with Crippen molar-refractivity contribution in [3.8, 4) is 0 Å². The van der Waals surface area contributed by atoms with Crippen molar-refractivity contribution in [1.82, 2.24) is 9.80 Å². The summed E-state index contributed by atoms with van der Waals surface area (Å²) in [4.78, 5) is 27.2. The summed E-state index contributed by atoms with van der Waals surface area (Å²) in [5.41, 5.74) is 0. The van der Waals surface area contributed by atoms with Crippen molar-refractivity contribution in [2.75, 3.05) is 31.3 Å². The predicted octanol–water partition coefficient (Wildman–Crippen LogP) is 1.02. The second-order valence-electron chi connectivity index (χ2n) is 5.31. The first kappa shape index (κ1) is 12.7. The first-order valence-corrected chi connectivity index (χ1v) is 7.35. The molecule has 4 nitrogen and oxygen atoms in total. The predicted molar refractivity (Wildman–Crippen MR) is 68.6 cm³/mol. The number of likely N-dealkylation sites (tertiary alicyclic amines) is 1. The van der Waals surface area contributed by atoms with Crippen molar-refractivity contribution in [3.63, 3.8) is 0 Å². The van der Waals surface area contributed by atoms with Crippen LogP contribution in [-0.2, 0) is 9.59 Å². The van der Waals surface area contributed by atoms with E-state index in [1.807, 2.05) is 4.90 Å². The fraction of sp³-hybridized carbons (Fsp3) is 0.833. The normalized spacial score (nSPS) is 29.9. The molecule has 2 amide bonds. The topological polar surface area (TPSA) is 40.6 Å². The first-order valence-electron chi connectivity index (χ1n) is 6.19. The lowest BCUT2D eigenvalue weighted by atomic mass is 9.92. The Kier molecular flexibility index (Phi) is 3.97. The maximum Gasteiger partial charge on any atom is 0.242 e. The van der Waals surface area contributed by atoms with Gasteiger partial charge in [0.05, 0.1) is 11.6 Å². The van der Waals surface area contributed by atoms with Crippen LogP contribution in [0.5, 0.6) is 0 Å². The van der Waals surface area contributed by atoms with Crippen molar-refractivity contribution in [1.29, 1.82) is 0 Å². The van der Waals surface area contributed by atoms with Crippen LogP contribution in [0.15, 0.2) is 0 Å². The number of carbonyl (C=O) groups excluding carboxylic acids is 2. The van der Waals surface area contributed by atoms with Gasteiger partial charge in [0.1, 0.15) is 6.54 Å². The van der Waals surface area contributed by atoms with Gasteiger partial charge >= 0.3 is 0 Å². The smallest absolute Gasteiger partial charge is 0.242 e. The number of piperidine rings is 1. The lowest BCUT2D eigenvalue weighted by Gasteiger charge is -2.35. The highest BCUT2D eigenvalue weighted by Crippen LogP contribution is 2.22. The zero-order valence-electron chi connectivity index (χ0n) is 10.5. The number of rotatable bonds is 2. The molecule has 5 heteroatoms. The molecule has 2 heterocycles. The Balaban J connectivity index is 1.88. The molecule has 0 aliphatic carbocycles. The molecule has 2 unspecified atom stereocenters. The van der Waals surface area contributed by atoms with Crippen LogP contribution in [0.3, 0.4) is 0 Å². The number of amides is 2. The fourth-order valence-electron chi connectivity index (χ4n) is 2.67. The summed E-state index contributed by atoms with van der Waals surface area (Å²) in [5, 5.41) is 0. The number of hydrogen-bond acceptors (Lipinski definition) is 3. The summed E-state index contributed by atoms with van der Waals surface area (Å²) in [6.45, 7) is 6.33. The van der Waals surface area contributed by atoms with E-state index in [2.05, 4.69) is 13.8 Å². The van der Waals surface area contributed by atoms with Crippen molar-refractivity contribution in [3.05, 3.63) is 0 Å². The van der Waals surface area contributed by atoms with E-state index < -0.39 is 0 Å². The minimum absolute atomic E-state index is 0.0986. The minimum Gasteiger partial charge on any atom is -0.341 e. The molecule has 2 rings (SSSR count). The summed E-state index contributed by atoms with van der Waals surface area (Å²) < 4.78 is 0. The van der Waals surface area contributed by atoms with E-state index in [-0.39, 0.29) is 18.4 Å². The maximum absolute atomic E-state index is 12.1. The molecular formula is C12H20N2O2S. The van der Waals surface area contributed by atoms with Gasteiger partial charge in [-0.1, -0.05) is 13.8 Å². The van der Waals surface area contributed by atoms with Gasteiger partial charge in [-0.15, -0.1) is 11.8 Å². The molecule has 0 saturated carbocycles. The Morgan fingerprint density at radius 2 is 2.00 bits per heavy atom. The molecule has 2 atom stereocenters. The fourth-order valence-corrected chi connectivity index (χ4v) is 3.57. The molecule has 0 bridgehead atoms.